The highest BCUT2D eigenvalue weighted by Gasteiger charge is 2.19. The molecule has 1 nitrogen and oxygen atoms in total. The third kappa shape index (κ3) is 1.48. The molecule has 0 amide bonds. The lowest BCUT2D eigenvalue weighted by Gasteiger charge is -2.22. The quantitative estimate of drug-likeness (QED) is 0.654. The van der Waals surface area contributed by atoms with Crippen molar-refractivity contribution in [3.05, 3.63) is 41.6 Å². The lowest BCUT2D eigenvalue weighted by Crippen LogP contribution is -2.05. The smallest absolute Gasteiger partial charge is 0.0704 e. The van der Waals surface area contributed by atoms with Gasteiger partial charge in [0.25, 0.3) is 0 Å². The van der Waals surface area contributed by atoms with Crippen LogP contribution in [0.25, 0.3) is 10.9 Å². The number of halogens is 1. The van der Waals surface area contributed by atoms with E-state index in [9.17, 15) is 0 Å². The van der Waals surface area contributed by atoms with E-state index in [0.29, 0.717) is 4.83 Å². The van der Waals surface area contributed by atoms with Gasteiger partial charge in [0.1, 0.15) is 0 Å². The topological polar surface area (TPSA) is 12.9 Å². The van der Waals surface area contributed by atoms with E-state index < -0.39 is 0 Å². The fraction of sp³-hybridized carbons (Fsp3) is 0.308. The lowest BCUT2D eigenvalue weighted by molar-refractivity contribution is 0.685. The van der Waals surface area contributed by atoms with Crippen LogP contribution in [0.1, 0.15) is 28.8 Å². The fourth-order valence-electron chi connectivity index (χ4n) is 2.42. The van der Waals surface area contributed by atoms with E-state index in [-0.39, 0.29) is 0 Å². The molecule has 3 rings (SSSR count). The molecule has 0 aliphatic heterocycles. The maximum atomic E-state index is 4.40. The molecule has 0 bridgehead atoms. The Balaban J connectivity index is 2.33. The zero-order chi connectivity index (χ0) is 10.3. The van der Waals surface area contributed by atoms with E-state index >= 15 is 0 Å². The van der Waals surface area contributed by atoms with Crippen LogP contribution < -0.4 is 0 Å². The molecule has 1 aliphatic carbocycles. The summed E-state index contributed by atoms with van der Waals surface area (Å²) in [6.07, 6.45) is 5.58. The van der Waals surface area contributed by atoms with Crippen LogP contribution in [-0.2, 0) is 6.42 Å². The molecule has 2 heteroatoms. The van der Waals surface area contributed by atoms with Crippen LogP contribution in [-0.4, -0.2) is 4.98 Å². The molecule has 1 aliphatic rings. The zero-order valence-corrected chi connectivity index (χ0v) is 10.00. The van der Waals surface area contributed by atoms with E-state index in [2.05, 4.69) is 39.1 Å². The molecule has 1 aromatic carbocycles. The molecule has 1 atom stereocenters. The molecule has 0 saturated heterocycles. The summed E-state index contributed by atoms with van der Waals surface area (Å²) in [6, 6.07) is 8.57. The van der Waals surface area contributed by atoms with Crippen molar-refractivity contribution < 1.29 is 0 Å². The van der Waals surface area contributed by atoms with Gasteiger partial charge in [-0.05, 0) is 42.5 Å². The molecule has 0 radical (unpaired) electrons. The van der Waals surface area contributed by atoms with Gasteiger partial charge in [-0.15, -0.1) is 0 Å². The van der Waals surface area contributed by atoms with Gasteiger partial charge in [0.2, 0.25) is 0 Å². The van der Waals surface area contributed by atoms with Crippen LogP contribution >= 0.6 is 15.9 Å². The maximum Gasteiger partial charge on any atom is 0.0704 e. The Kier molecular flexibility index (Phi) is 2.24. The highest BCUT2D eigenvalue weighted by molar-refractivity contribution is 9.09. The number of rotatable bonds is 0. The summed E-state index contributed by atoms with van der Waals surface area (Å²) in [7, 11) is 0. The van der Waals surface area contributed by atoms with E-state index in [1.807, 2.05) is 12.3 Å². The van der Waals surface area contributed by atoms with Gasteiger partial charge in [-0.1, -0.05) is 28.1 Å². The summed E-state index contributed by atoms with van der Waals surface area (Å²) >= 11 is 3.75. The Bertz CT molecular complexity index is 507. The number of alkyl halides is 1. The standard InChI is InChI=1S/C13H12BrN/c14-12-5-1-3-9-10(12)6-7-13-11(9)4-2-8-15-13/h2,4,6-8,12H,1,3,5H2. The summed E-state index contributed by atoms with van der Waals surface area (Å²) in [6.45, 7) is 0. The normalized spacial score (nSPS) is 20.2. The van der Waals surface area contributed by atoms with Crippen LogP contribution in [0.5, 0.6) is 0 Å². The van der Waals surface area contributed by atoms with Crippen molar-refractivity contribution in [2.75, 3.05) is 0 Å². The minimum absolute atomic E-state index is 0.533. The largest absolute Gasteiger partial charge is 0.256 e. The Morgan fingerprint density at radius 3 is 3.13 bits per heavy atom. The maximum absolute atomic E-state index is 4.40. The van der Waals surface area contributed by atoms with Crippen molar-refractivity contribution in [1.29, 1.82) is 0 Å². The first-order valence-electron chi connectivity index (χ1n) is 5.37. The van der Waals surface area contributed by atoms with E-state index in [4.69, 9.17) is 0 Å². The second kappa shape index (κ2) is 3.60. The summed E-state index contributed by atoms with van der Waals surface area (Å²) in [5.74, 6) is 0. The van der Waals surface area contributed by atoms with Crippen molar-refractivity contribution in [1.82, 2.24) is 4.98 Å². The first kappa shape index (κ1) is 9.34. The van der Waals surface area contributed by atoms with Crippen LogP contribution in [0.15, 0.2) is 30.5 Å². The molecule has 1 aromatic heterocycles. The fourth-order valence-corrected chi connectivity index (χ4v) is 3.17. The Morgan fingerprint density at radius 2 is 2.20 bits per heavy atom. The monoisotopic (exact) mass is 261 g/mol. The molecule has 15 heavy (non-hydrogen) atoms. The van der Waals surface area contributed by atoms with Gasteiger partial charge >= 0.3 is 0 Å². The highest BCUT2D eigenvalue weighted by Crippen LogP contribution is 2.38. The molecular formula is C13H12BrN. The molecule has 76 valence electrons. The molecule has 2 aromatic rings. The van der Waals surface area contributed by atoms with Crippen LogP contribution in [0.2, 0.25) is 0 Å². The number of aryl methyl sites for hydroxylation is 1. The first-order chi connectivity index (χ1) is 7.36. The molecule has 0 fully saturated rings. The third-order valence-electron chi connectivity index (χ3n) is 3.15. The number of fused-ring (bicyclic) bond motifs is 3. The van der Waals surface area contributed by atoms with Gasteiger partial charge < -0.3 is 0 Å². The summed E-state index contributed by atoms with van der Waals surface area (Å²) < 4.78 is 0. The molecule has 1 heterocycles. The SMILES string of the molecule is BrC1CCCc2c1ccc1ncccc21. The Morgan fingerprint density at radius 1 is 1.27 bits per heavy atom. The third-order valence-corrected chi connectivity index (χ3v) is 4.11. The van der Waals surface area contributed by atoms with Crippen molar-refractivity contribution in [2.24, 2.45) is 0 Å². The first-order valence-corrected chi connectivity index (χ1v) is 6.28. The molecule has 0 spiro atoms. The summed E-state index contributed by atoms with van der Waals surface area (Å²) in [5.41, 5.74) is 4.08. The summed E-state index contributed by atoms with van der Waals surface area (Å²) in [5, 5.41) is 1.33. The Labute approximate surface area is 97.7 Å². The molecule has 0 saturated carbocycles. The van der Waals surface area contributed by atoms with Crippen LogP contribution in [0.4, 0.5) is 0 Å². The second-order valence-electron chi connectivity index (χ2n) is 4.06. The van der Waals surface area contributed by atoms with Gasteiger partial charge in [-0.25, -0.2) is 0 Å². The minimum Gasteiger partial charge on any atom is -0.256 e. The number of hydrogen-bond donors (Lipinski definition) is 0. The average Bonchev–Trinajstić information content (AvgIpc) is 2.29. The zero-order valence-electron chi connectivity index (χ0n) is 8.41. The highest BCUT2D eigenvalue weighted by atomic mass is 79.9. The van der Waals surface area contributed by atoms with Crippen molar-refractivity contribution in [3.63, 3.8) is 0 Å². The average molecular weight is 262 g/mol. The molecular weight excluding hydrogens is 250 g/mol. The number of aromatic nitrogens is 1. The van der Waals surface area contributed by atoms with Gasteiger partial charge in [0.05, 0.1) is 5.52 Å². The molecule has 0 N–H and O–H groups in total. The molecule has 1 unspecified atom stereocenters. The van der Waals surface area contributed by atoms with Gasteiger partial charge in [0, 0.05) is 16.4 Å². The van der Waals surface area contributed by atoms with Crippen molar-refractivity contribution >= 4 is 26.8 Å². The van der Waals surface area contributed by atoms with Gasteiger partial charge in [0.15, 0.2) is 0 Å². The number of nitrogens with zero attached hydrogens (tertiary/aromatic N) is 1. The van der Waals surface area contributed by atoms with Gasteiger partial charge in [-0.3, -0.25) is 4.98 Å². The van der Waals surface area contributed by atoms with E-state index in [1.165, 1.54) is 35.8 Å². The predicted octanol–water partition coefficient (Wildman–Crippen LogP) is 4.01. The summed E-state index contributed by atoms with van der Waals surface area (Å²) in [4.78, 5) is 4.93. The van der Waals surface area contributed by atoms with Crippen LogP contribution in [0, 0.1) is 0 Å². The minimum atomic E-state index is 0.533. The van der Waals surface area contributed by atoms with E-state index in [0.717, 1.165) is 5.52 Å². The number of hydrogen-bond acceptors (Lipinski definition) is 1. The lowest BCUT2D eigenvalue weighted by atomic mass is 9.89. The van der Waals surface area contributed by atoms with Crippen LogP contribution in [0.3, 0.4) is 0 Å². The van der Waals surface area contributed by atoms with Crippen molar-refractivity contribution in [3.8, 4) is 0 Å². The number of pyridine rings is 1. The van der Waals surface area contributed by atoms with Gasteiger partial charge in [-0.2, -0.15) is 0 Å². The van der Waals surface area contributed by atoms with E-state index in [1.54, 1.807) is 0 Å². The Hall–Kier alpha value is -0.890. The second-order valence-corrected chi connectivity index (χ2v) is 5.17. The number of benzene rings is 1. The predicted molar refractivity (Wildman–Crippen MR) is 66.3 cm³/mol. The van der Waals surface area contributed by atoms with Crippen molar-refractivity contribution in [2.45, 2.75) is 24.1 Å².